The van der Waals surface area contributed by atoms with E-state index in [4.69, 9.17) is 10.8 Å². The molecule has 1 saturated heterocycles. The molecule has 2 aromatic heterocycles. The van der Waals surface area contributed by atoms with Gasteiger partial charge in [0.1, 0.15) is 0 Å². The van der Waals surface area contributed by atoms with Crippen LogP contribution in [0.2, 0.25) is 0 Å². The van der Waals surface area contributed by atoms with Gasteiger partial charge in [0.15, 0.2) is 0 Å². The third kappa shape index (κ3) is 4.73. The molecule has 1 atom stereocenters. The number of aromatic nitrogens is 2. The van der Waals surface area contributed by atoms with E-state index in [0.717, 1.165) is 16.6 Å². The number of piperidine rings is 1. The molecule has 9 nitrogen and oxygen atoms in total. The Kier molecular flexibility index (Phi) is 6.05. The number of nitrogens with zero attached hydrogens (tertiary/aromatic N) is 3. The van der Waals surface area contributed by atoms with Crippen LogP contribution in [0.4, 0.5) is 5.69 Å². The lowest BCUT2D eigenvalue weighted by molar-refractivity contribution is -0.137. The second-order valence-corrected chi connectivity index (χ2v) is 7.19. The number of fused-ring (bicyclic) bond motifs is 1. The summed E-state index contributed by atoms with van der Waals surface area (Å²) in [4.78, 5) is 33.3. The summed E-state index contributed by atoms with van der Waals surface area (Å²) >= 11 is 0. The van der Waals surface area contributed by atoms with Gasteiger partial charge < -0.3 is 26.2 Å². The minimum atomic E-state index is -1.01. The molecule has 2 aromatic rings. The van der Waals surface area contributed by atoms with E-state index in [1.807, 2.05) is 12.1 Å². The summed E-state index contributed by atoms with van der Waals surface area (Å²) < 4.78 is 0. The molecule has 0 saturated carbocycles. The van der Waals surface area contributed by atoms with E-state index in [1.165, 1.54) is 0 Å². The zero-order chi connectivity index (χ0) is 20.1. The van der Waals surface area contributed by atoms with Gasteiger partial charge in [0.2, 0.25) is 5.91 Å². The molecule has 5 N–H and O–H groups in total. The Bertz CT molecular complexity index is 846. The Labute approximate surface area is 162 Å². The summed E-state index contributed by atoms with van der Waals surface area (Å²) in [5.41, 5.74) is 6.58. The van der Waals surface area contributed by atoms with Gasteiger partial charge in [-0.1, -0.05) is 0 Å². The number of nitrogens with two attached hydrogens (primary N) is 1. The SMILES string of the molecule is N[C@@H](CCC(=O)O)C(=O)NCC1(O)CCN(c2ccnc3ccncc23)CC1. The van der Waals surface area contributed by atoms with Gasteiger partial charge in [-0.2, -0.15) is 0 Å². The van der Waals surface area contributed by atoms with E-state index >= 15 is 0 Å². The Morgan fingerprint density at radius 2 is 2.04 bits per heavy atom. The molecule has 1 amide bonds. The molecular formula is C19H25N5O4. The van der Waals surface area contributed by atoms with Crippen LogP contribution in [-0.4, -0.2) is 63.3 Å². The number of hydrogen-bond acceptors (Lipinski definition) is 7. The topological polar surface area (TPSA) is 142 Å². The lowest BCUT2D eigenvalue weighted by atomic mass is 9.90. The van der Waals surface area contributed by atoms with Crippen molar-refractivity contribution in [1.82, 2.24) is 15.3 Å². The molecule has 150 valence electrons. The summed E-state index contributed by atoms with van der Waals surface area (Å²) in [5, 5.41) is 23.1. The van der Waals surface area contributed by atoms with Gasteiger partial charge in [0, 0.05) is 55.7 Å². The van der Waals surface area contributed by atoms with E-state index in [-0.39, 0.29) is 19.4 Å². The summed E-state index contributed by atoms with van der Waals surface area (Å²) in [7, 11) is 0. The molecule has 3 heterocycles. The van der Waals surface area contributed by atoms with Crippen LogP contribution in [0.1, 0.15) is 25.7 Å². The molecule has 3 rings (SSSR count). The Morgan fingerprint density at radius 3 is 2.75 bits per heavy atom. The van der Waals surface area contributed by atoms with Crippen LogP contribution in [0.5, 0.6) is 0 Å². The second-order valence-electron chi connectivity index (χ2n) is 7.19. The average Bonchev–Trinajstić information content (AvgIpc) is 2.70. The number of carbonyl (C=O) groups is 2. The number of carboxylic acid groups (broad SMARTS) is 1. The van der Waals surface area contributed by atoms with E-state index < -0.39 is 23.5 Å². The maximum absolute atomic E-state index is 12.0. The molecule has 1 aliphatic rings. The molecular weight excluding hydrogens is 362 g/mol. The molecule has 28 heavy (non-hydrogen) atoms. The monoisotopic (exact) mass is 387 g/mol. The van der Waals surface area contributed by atoms with Crippen molar-refractivity contribution in [1.29, 1.82) is 0 Å². The minimum absolute atomic E-state index is 0.0660. The number of rotatable bonds is 7. The van der Waals surface area contributed by atoms with Crippen molar-refractivity contribution in [3.05, 3.63) is 30.7 Å². The van der Waals surface area contributed by atoms with Crippen molar-refractivity contribution in [2.24, 2.45) is 5.73 Å². The van der Waals surface area contributed by atoms with E-state index in [0.29, 0.717) is 25.9 Å². The highest BCUT2D eigenvalue weighted by Gasteiger charge is 2.33. The number of carbonyl (C=O) groups excluding carboxylic acids is 1. The maximum Gasteiger partial charge on any atom is 0.303 e. The number of amides is 1. The van der Waals surface area contributed by atoms with Crippen molar-refractivity contribution >= 4 is 28.5 Å². The molecule has 0 unspecified atom stereocenters. The fourth-order valence-electron chi connectivity index (χ4n) is 3.38. The first kappa shape index (κ1) is 20.0. The van der Waals surface area contributed by atoms with Crippen LogP contribution in [0.15, 0.2) is 30.7 Å². The summed E-state index contributed by atoms with van der Waals surface area (Å²) in [6.07, 6.45) is 6.13. The highest BCUT2D eigenvalue weighted by Crippen LogP contribution is 2.30. The van der Waals surface area contributed by atoms with Gasteiger partial charge in [-0.15, -0.1) is 0 Å². The summed E-state index contributed by atoms with van der Waals surface area (Å²) in [5.74, 6) is -1.43. The molecule has 1 aliphatic heterocycles. The van der Waals surface area contributed by atoms with Crippen molar-refractivity contribution in [3.8, 4) is 0 Å². The number of hydrogen-bond donors (Lipinski definition) is 4. The van der Waals surface area contributed by atoms with Gasteiger partial charge in [0.25, 0.3) is 0 Å². The molecule has 0 aliphatic carbocycles. The van der Waals surface area contributed by atoms with Crippen molar-refractivity contribution in [2.75, 3.05) is 24.5 Å². The van der Waals surface area contributed by atoms with Crippen LogP contribution < -0.4 is 16.0 Å². The normalized spacial score (nSPS) is 17.3. The van der Waals surface area contributed by atoms with Crippen LogP contribution in [-0.2, 0) is 9.59 Å². The van der Waals surface area contributed by atoms with Gasteiger partial charge in [0.05, 0.1) is 17.2 Å². The fraction of sp³-hybridized carbons (Fsp3) is 0.474. The summed E-state index contributed by atoms with van der Waals surface area (Å²) in [6, 6.07) is 2.91. The fourth-order valence-corrected chi connectivity index (χ4v) is 3.38. The standard InChI is InChI=1S/C19H25N5O4/c20-14(1-2-17(25)26)18(27)23-12-19(28)5-9-24(10-6-19)16-4-8-22-15-3-7-21-11-13(15)16/h3-4,7-8,11,14,28H,1-2,5-6,9-10,12,20H2,(H,23,27)(H,25,26)/t14-/m0/s1. The number of aliphatic hydroxyl groups is 1. The molecule has 0 bridgehead atoms. The van der Waals surface area contributed by atoms with Gasteiger partial charge in [-0.25, -0.2) is 0 Å². The van der Waals surface area contributed by atoms with Crippen molar-refractivity contribution < 1.29 is 19.8 Å². The third-order valence-electron chi connectivity index (χ3n) is 5.15. The lowest BCUT2D eigenvalue weighted by Gasteiger charge is -2.39. The van der Waals surface area contributed by atoms with Gasteiger partial charge in [-0.3, -0.25) is 19.6 Å². The van der Waals surface area contributed by atoms with Crippen LogP contribution >= 0.6 is 0 Å². The molecule has 0 radical (unpaired) electrons. The third-order valence-corrected chi connectivity index (χ3v) is 5.15. The number of pyridine rings is 2. The maximum atomic E-state index is 12.0. The van der Waals surface area contributed by atoms with Crippen LogP contribution in [0, 0.1) is 0 Å². The second kappa shape index (κ2) is 8.49. The lowest BCUT2D eigenvalue weighted by Crippen LogP contribution is -2.53. The zero-order valence-corrected chi connectivity index (χ0v) is 15.5. The molecule has 9 heteroatoms. The molecule has 0 spiro atoms. The van der Waals surface area contributed by atoms with Gasteiger partial charge >= 0.3 is 5.97 Å². The first-order valence-corrected chi connectivity index (χ1v) is 9.29. The van der Waals surface area contributed by atoms with Crippen LogP contribution in [0.25, 0.3) is 10.9 Å². The Hall–Kier alpha value is -2.78. The number of nitrogens with one attached hydrogen (secondary N) is 1. The van der Waals surface area contributed by atoms with E-state index in [1.54, 1.807) is 18.6 Å². The largest absolute Gasteiger partial charge is 0.481 e. The highest BCUT2D eigenvalue weighted by atomic mass is 16.4. The van der Waals surface area contributed by atoms with Crippen molar-refractivity contribution in [3.63, 3.8) is 0 Å². The Balaban J connectivity index is 1.55. The van der Waals surface area contributed by atoms with E-state index in [2.05, 4.69) is 20.2 Å². The first-order chi connectivity index (χ1) is 13.4. The highest BCUT2D eigenvalue weighted by molar-refractivity contribution is 5.90. The molecule has 0 aromatic carbocycles. The number of aliphatic carboxylic acids is 1. The van der Waals surface area contributed by atoms with Gasteiger partial charge in [-0.05, 0) is 31.4 Å². The first-order valence-electron chi connectivity index (χ1n) is 9.29. The number of carboxylic acids is 1. The Morgan fingerprint density at radius 1 is 1.29 bits per heavy atom. The van der Waals surface area contributed by atoms with Crippen LogP contribution in [0.3, 0.4) is 0 Å². The average molecular weight is 387 g/mol. The predicted molar refractivity (Wildman–Crippen MR) is 104 cm³/mol. The predicted octanol–water partition coefficient (Wildman–Crippen LogP) is 0.269. The zero-order valence-electron chi connectivity index (χ0n) is 15.5. The van der Waals surface area contributed by atoms with Crippen molar-refractivity contribution in [2.45, 2.75) is 37.3 Å². The molecule has 1 fully saturated rings. The minimum Gasteiger partial charge on any atom is -0.481 e. The van der Waals surface area contributed by atoms with E-state index in [9.17, 15) is 14.7 Å². The summed E-state index contributed by atoms with van der Waals surface area (Å²) in [6.45, 7) is 1.36. The number of anilines is 1. The smallest absolute Gasteiger partial charge is 0.303 e. The quantitative estimate of drug-likeness (QED) is 0.530.